The van der Waals surface area contributed by atoms with E-state index >= 15 is 0 Å². The number of hydrogen-bond acceptors (Lipinski definition) is 4. The predicted octanol–water partition coefficient (Wildman–Crippen LogP) is 2.13. The Balaban J connectivity index is 2.73. The van der Waals surface area contributed by atoms with Gasteiger partial charge in [0.15, 0.2) is 0 Å². The lowest BCUT2D eigenvalue weighted by Gasteiger charge is -2.14. The molecule has 0 aromatic heterocycles. The summed E-state index contributed by atoms with van der Waals surface area (Å²) in [4.78, 5) is 0. The van der Waals surface area contributed by atoms with Crippen molar-refractivity contribution in [2.24, 2.45) is 5.73 Å². The van der Waals surface area contributed by atoms with Gasteiger partial charge in [0, 0.05) is 25.3 Å². The van der Waals surface area contributed by atoms with E-state index in [1.165, 1.54) is 0 Å². The first-order chi connectivity index (χ1) is 8.21. The summed E-state index contributed by atoms with van der Waals surface area (Å²) >= 11 is 0. The van der Waals surface area contributed by atoms with E-state index in [0.717, 1.165) is 23.5 Å². The monoisotopic (exact) mass is 239 g/mol. The van der Waals surface area contributed by atoms with Gasteiger partial charge in [-0.15, -0.1) is 0 Å². The van der Waals surface area contributed by atoms with Crippen molar-refractivity contribution in [1.82, 2.24) is 0 Å². The molecule has 0 radical (unpaired) electrons. The van der Waals surface area contributed by atoms with Crippen molar-refractivity contribution in [3.63, 3.8) is 0 Å². The first kappa shape index (κ1) is 13.8. The van der Waals surface area contributed by atoms with Gasteiger partial charge >= 0.3 is 0 Å². The van der Waals surface area contributed by atoms with Gasteiger partial charge in [-0.25, -0.2) is 0 Å². The van der Waals surface area contributed by atoms with Crippen molar-refractivity contribution >= 4 is 0 Å². The Morgan fingerprint density at radius 2 is 1.71 bits per heavy atom. The van der Waals surface area contributed by atoms with E-state index in [1.54, 1.807) is 14.2 Å². The summed E-state index contributed by atoms with van der Waals surface area (Å²) < 4.78 is 15.7. The second-order valence-corrected chi connectivity index (χ2v) is 3.74. The molecule has 0 saturated carbocycles. The maximum atomic E-state index is 6.09. The zero-order valence-electron chi connectivity index (χ0n) is 10.7. The fourth-order valence-corrected chi connectivity index (χ4v) is 1.56. The molecule has 1 aromatic rings. The Morgan fingerprint density at radius 3 is 2.18 bits per heavy atom. The quantitative estimate of drug-likeness (QED) is 0.741. The van der Waals surface area contributed by atoms with Crippen LogP contribution in [-0.4, -0.2) is 27.4 Å². The fraction of sp³-hybridized carbons (Fsp3) is 0.538. The van der Waals surface area contributed by atoms with Gasteiger partial charge in [-0.3, -0.25) is 0 Å². The highest BCUT2D eigenvalue weighted by Gasteiger charge is 2.09. The molecule has 17 heavy (non-hydrogen) atoms. The fourth-order valence-electron chi connectivity index (χ4n) is 1.56. The van der Waals surface area contributed by atoms with Crippen LogP contribution in [0.3, 0.4) is 0 Å². The second-order valence-electron chi connectivity index (χ2n) is 3.74. The van der Waals surface area contributed by atoms with Crippen LogP contribution in [0.4, 0.5) is 0 Å². The van der Waals surface area contributed by atoms with Crippen molar-refractivity contribution in [2.45, 2.75) is 19.4 Å². The van der Waals surface area contributed by atoms with Crippen LogP contribution >= 0.6 is 0 Å². The van der Waals surface area contributed by atoms with E-state index in [2.05, 4.69) is 0 Å². The molecule has 0 aliphatic rings. The smallest absolute Gasteiger partial charge is 0.122 e. The summed E-state index contributed by atoms with van der Waals surface area (Å²) in [5.74, 6) is 1.51. The number of nitrogens with two attached hydrogens (primary N) is 1. The minimum Gasteiger partial charge on any atom is -0.497 e. The zero-order valence-corrected chi connectivity index (χ0v) is 10.7. The standard InChI is InChI=1S/C13H21NO3/c1-4-17-6-5-13(14)10-7-11(15-2)9-12(8-10)16-3/h7-9,13H,4-6,14H2,1-3H3. The SMILES string of the molecule is CCOCCC(N)c1cc(OC)cc(OC)c1. The van der Waals surface area contributed by atoms with Gasteiger partial charge in [-0.2, -0.15) is 0 Å². The van der Waals surface area contributed by atoms with Crippen molar-refractivity contribution < 1.29 is 14.2 Å². The van der Waals surface area contributed by atoms with Gasteiger partial charge in [-0.05, 0) is 31.0 Å². The van der Waals surface area contributed by atoms with Crippen LogP contribution in [0.15, 0.2) is 18.2 Å². The molecule has 0 saturated heterocycles. The molecule has 0 bridgehead atoms. The number of methoxy groups -OCH3 is 2. The van der Waals surface area contributed by atoms with Gasteiger partial charge in [-0.1, -0.05) is 0 Å². The minimum atomic E-state index is -0.0643. The molecule has 0 heterocycles. The van der Waals surface area contributed by atoms with Crippen molar-refractivity contribution in [3.8, 4) is 11.5 Å². The Hall–Kier alpha value is -1.26. The van der Waals surface area contributed by atoms with Gasteiger partial charge in [0.1, 0.15) is 11.5 Å². The lowest BCUT2D eigenvalue weighted by molar-refractivity contribution is 0.140. The average molecular weight is 239 g/mol. The third kappa shape index (κ3) is 4.24. The van der Waals surface area contributed by atoms with Crippen molar-refractivity contribution in [3.05, 3.63) is 23.8 Å². The van der Waals surface area contributed by atoms with Gasteiger partial charge in [0.25, 0.3) is 0 Å². The van der Waals surface area contributed by atoms with Gasteiger partial charge < -0.3 is 19.9 Å². The van der Waals surface area contributed by atoms with Gasteiger partial charge in [0.05, 0.1) is 14.2 Å². The molecular formula is C13H21NO3. The molecule has 2 N–H and O–H groups in total. The maximum Gasteiger partial charge on any atom is 0.122 e. The molecule has 0 spiro atoms. The molecule has 1 aromatic carbocycles. The molecule has 1 rings (SSSR count). The topological polar surface area (TPSA) is 53.7 Å². The zero-order chi connectivity index (χ0) is 12.7. The predicted molar refractivity (Wildman–Crippen MR) is 67.6 cm³/mol. The highest BCUT2D eigenvalue weighted by Crippen LogP contribution is 2.26. The highest BCUT2D eigenvalue weighted by molar-refractivity contribution is 5.39. The highest BCUT2D eigenvalue weighted by atomic mass is 16.5. The van der Waals surface area contributed by atoms with Crippen LogP contribution < -0.4 is 15.2 Å². The van der Waals surface area contributed by atoms with E-state index in [9.17, 15) is 0 Å². The molecule has 0 aliphatic carbocycles. The molecular weight excluding hydrogens is 218 g/mol. The number of benzene rings is 1. The summed E-state index contributed by atoms with van der Waals surface area (Å²) in [7, 11) is 3.26. The molecule has 4 heteroatoms. The van der Waals surface area contributed by atoms with E-state index < -0.39 is 0 Å². The normalized spacial score (nSPS) is 12.2. The van der Waals surface area contributed by atoms with Crippen LogP contribution in [-0.2, 0) is 4.74 Å². The molecule has 0 fully saturated rings. The maximum absolute atomic E-state index is 6.09. The minimum absolute atomic E-state index is 0.0643. The number of rotatable bonds is 7. The molecule has 1 unspecified atom stereocenters. The summed E-state index contributed by atoms with van der Waals surface area (Å²) in [6.45, 7) is 3.35. The average Bonchev–Trinajstić information content (AvgIpc) is 2.38. The van der Waals surface area contributed by atoms with Crippen molar-refractivity contribution in [2.75, 3.05) is 27.4 Å². The van der Waals surface area contributed by atoms with Crippen LogP contribution in [0.5, 0.6) is 11.5 Å². The number of hydrogen-bond donors (Lipinski definition) is 1. The van der Waals surface area contributed by atoms with Crippen LogP contribution in [0, 0.1) is 0 Å². The van der Waals surface area contributed by atoms with Crippen molar-refractivity contribution in [1.29, 1.82) is 0 Å². The summed E-state index contributed by atoms with van der Waals surface area (Å²) in [6.07, 6.45) is 0.782. The summed E-state index contributed by atoms with van der Waals surface area (Å²) in [6, 6.07) is 5.63. The molecule has 96 valence electrons. The third-order valence-electron chi connectivity index (χ3n) is 2.58. The largest absolute Gasteiger partial charge is 0.497 e. The van der Waals surface area contributed by atoms with E-state index in [1.807, 2.05) is 25.1 Å². The van der Waals surface area contributed by atoms with Crippen LogP contribution in [0.1, 0.15) is 24.9 Å². The molecule has 4 nitrogen and oxygen atoms in total. The first-order valence-corrected chi connectivity index (χ1v) is 5.77. The Labute approximate surface area is 103 Å². The molecule has 0 amide bonds. The van der Waals surface area contributed by atoms with Crippen LogP contribution in [0.2, 0.25) is 0 Å². The summed E-state index contributed by atoms with van der Waals surface area (Å²) in [5, 5.41) is 0. The van der Waals surface area contributed by atoms with E-state index in [4.69, 9.17) is 19.9 Å². The van der Waals surface area contributed by atoms with E-state index in [0.29, 0.717) is 13.2 Å². The lowest BCUT2D eigenvalue weighted by atomic mass is 10.0. The first-order valence-electron chi connectivity index (χ1n) is 5.77. The van der Waals surface area contributed by atoms with E-state index in [-0.39, 0.29) is 6.04 Å². The van der Waals surface area contributed by atoms with Gasteiger partial charge in [0.2, 0.25) is 0 Å². The Bertz CT molecular complexity index is 319. The third-order valence-corrected chi connectivity index (χ3v) is 2.58. The van der Waals surface area contributed by atoms with Crippen LogP contribution in [0.25, 0.3) is 0 Å². The Kier molecular flexibility index (Phi) is 5.80. The Morgan fingerprint density at radius 1 is 1.12 bits per heavy atom. The molecule has 0 aliphatic heterocycles. The molecule has 1 atom stereocenters. The summed E-state index contributed by atoms with van der Waals surface area (Å²) in [5.41, 5.74) is 7.09. The second kappa shape index (κ2) is 7.14. The lowest BCUT2D eigenvalue weighted by Crippen LogP contribution is -2.13. The number of ether oxygens (including phenoxy) is 3.